The minimum atomic E-state index is -0.528. The van der Waals surface area contributed by atoms with Crippen molar-refractivity contribution in [2.75, 3.05) is 12.8 Å². The number of nitrogens with zero attached hydrogens (tertiary/aromatic N) is 2. The van der Waals surface area contributed by atoms with E-state index in [1.165, 1.54) is 11.8 Å². The van der Waals surface area contributed by atoms with E-state index in [1.807, 2.05) is 27.0 Å². The van der Waals surface area contributed by atoms with E-state index in [9.17, 15) is 9.59 Å². The van der Waals surface area contributed by atoms with Crippen LogP contribution in [-0.4, -0.2) is 39.4 Å². The molecule has 1 N–H and O–H groups in total. The predicted molar refractivity (Wildman–Crippen MR) is 84.2 cm³/mol. The zero-order chi connectivity index (χ0) is 16.1. The third kappa shape index (κ3) is 2.51. The highest BCUT2D eigenvalue weighted by Gasteiger charge is 2.57. The molecule has 2 aliphatic rings. The van der Waals surface area contributed by atoms with E-state index in [4.69, 9.17) is 4.74 Å². The van der Waals surface area contributed by atoms with Gasteiger partial charge in [0.05, 0.1) is 11.2 Å². The number of carbonyl (C=O) groups excluding carboxylic acids is 1. The van der Waals surface area contributed by atoms with E-state index in [-0.39, 0.29) is 11.7 Å². The van der Waals surface area contributed by atoms with Crippen molar-refractivity contribution in [1.82, 2.24) is 14.9 Å². The van der Waals surface area contributed by atoms with Gasteiger partial charge in [-0.25, -0.2) is 9.78 Å². The number of H-pyrrole nitrogens is 1. The van der Waals surface area contributed by atoms with Crippen molar-refractivity contribution in [3.63, 3.8) is 0 Å². The highest BCUT2D eigenvalue weighted by atomic mass is 32.2. The number of nitrogens with one attached hydrogen (secondary N) is 1. The molecule has 1 fully saturated rings. The van der Waals surface area contributed by atoms with E-state index in [0.29, 0.717) is 18.1 Å². The monoisotopic (exact) mass is 323 g/mol. The van der Waals surface area contributed by atoms with Crippen LogP contribution in [0.2, 0.25) is 0 Å². The first-order valence-electron chi connectivity index (χ1n) is 7.45. The van der Waals surface area contributed by atoms with Gasteiger partial charge in [-0.1, -0.05) is 11.8 Å². The minimum absolute atomic E-state index is 0.0792. The zero-order valence-corrected chi connectivity index (χ0v) is 14.2. The highest BCUT2D eigenvalue weighted by Crippen LogP contribution is 2.53. The summed E-state index contributed by atoms with van der Waals surface area (Å²) in [7, 11) is 0. The molecule has 0 atom stereocenters. The number of aromatic amines is 1. The van der Waals surface area contributed by atoms with Crippen LogP contribution < -0.4 is 5.56 Å². The molecule has 1 saturated carbocycles. The Balaban J connectivity index is 1.99. The number of amides is 1. The molecule has 7 heteroatoms. The molecule has 6 nitrogen and oxygen atoms in total. The van der Waals surface area contributed by atoms with Gasteiger partial charge in [-0.2, -0.15) is 0 Å². The lowest BCUT2D eigenvalue weighted by Crippen LogP contribution is -2.49. The van der Waals surface area contributed by atoms with E-state index < -0.39 is 11.1 Å². The fourth-order valence-electron chi connectivity index (χ4n) is 2.96. The molecule has 1 aliphatic carbocycles. The fraction of sp³-hybridized carbons (Fsp3) is 0.667. The second-order valence-corrected chi connectivity index (χ2v) is 7.61. The number of hydrogen-bond acceptors (Lipinski definition) is 5. The Bertz CT molecular complexity index is 674. The van der Waals surface area contributed by atoms with Gasteiger partial charge in [0.2, 0.25) is 0 Å². The van der Waals surface area contributed by atoms with Crippen LogP contribution in [0.15, 0.2) is 9.95 Å². The Morgan fingerprint density at radius 3 is 2.64 bits per heavy atom. The number of thioether (sulfide) groups is 1. The van der Waals surface area contributed by atoms with Gasteiger partial charge in [-0.05, 0) is 46.3 Å². The first kappa shape index (κ1) is 15.4. The summed E-state index contributed by atoms with van der Waals surface area (Å²) < 4.78 is 5.52. The molecule has 0 bridgehead atoms. The summed E-state index contributed by atoms with van der Waals surface area (Å²) in [5.74, 6) is 0. The molecule has 1 aromatic rings. The van der Waals surface area contributed by atoms with Gasteiger partial charge < -0.3 is 9.72 Å². The molecule has 0 aromatic carbocycles. The van der Waals surface area contributed by atoms with Crippen LogP contribution in [0.3, 0.4) is 0 Å². The Morgan fingerprint density at radius 1 is 1.41 bits per heavy atom. The molecule has 2 heterocycles. The van der Waals surface area contributed by atoms with Crippen molar-refractivity contribution in [3.05, 3.63) is 21.6 Å². The SMILES string of the molecule is CSc1nc2c(c(=O)[nH]1)CCN(C(=O)OC(C)(C)C)C21CC1. The van der Waals surface area contributed by atoms with Gasteiger partial charge in [0.25, 0.3) is 5.56 Å². The topological polar surface area (TPSA) is 75.3 Å². The van der Waals surface area contributed by atoms with E-state index in [0.717, 1.165) is 24.1 Å². The highest BCUT2D eigenvalue weighted by molar-refractivity contribution is 7.98. The van der Waals surface area contributed by atoms with Gasteiger partial charge >= 0.3 is 6.09 Å². The van der Waals surface area contributed by atoms with Crippen LogP contribution >= 0.6 is 11.8 Å². The third-order valence-electron chi connectivity index (χ3n) is 4.07. The van der Waals surface area contributed by atoms with Crippen molar-refractivity contribution in [2.45, 2.75) is 56.3 Å². The van der Waals surface area contributed by atoms with E-state index in [2.05, 4.69) is 9.97 Å². The van der Waals surface area contributed by atoms with E-state index >= 15 is 0 Å². The molecule has 22 heavy (non-hydrogen) atoms. The number of carbonyl (C=O) groups is 1. The van der Waals surface area contributed by atoms with Gasteiger partial charge in [0.15, 0.2) is 5.16 Å². The largest absolute Gasteiger partial charge is 0.444 e. The number of ether oxygens (including phenoxy) is 1. The number of hydrogen-bond donors (Lipinski definition) is 1. The molecule has 3 rings (SSSR count). The Morgan fingerprint density at radius 2 is 2.09 bits per heavy atom. The van der Waals surface area contributed by atoms with Crippen molar-refractivity contribution in [2.24, 2.45) is 0 Å². The summed E-state index contributed by atoms with van der Waals surface area (Å²) in [5, 5.41) is 0.598. The Kier molecular flexibility index (Phi) is 3.51. The summed E-state index contributed by atoms with van der Waals surface area (Å²) in [4.78, 5) is 33.9. The van der Waals surface area contributed by atoms with Crippen LogP contribution in [0.1, 0.15) is 44.9 Å². The quantitative estimate of drug-likeness (QED) is 0.634. The molecule has 0 radical (unpaired) electrons. The fourth-order valence-corrected chi connectivity index (χ4v) is 3.34. The lowest BCUT2D eigenvalue weighted by Gasteiger charge is -2.37. The number of rotatable bonds is 1. The maximum Gasteiger partial charge on any atom is 0.411 e. The van der Waals surface area contributed by atoms with Crippen LogP contribution in [-0.2, 0) is 16.7 Å². The zero-order valence-electron chi connectivity index (χ0n) is 13.4. The molecule has 1 aromatic heterocycles. The van der Waals surface area contributed by atoms with Gasteiger partial charge in [-0.3, -0.25) is 9.69 Å². The second-order valence-electron chi connectivity index (χ2n) is 6.82. The minimum Gasteiger partial charge on any atom is -0.444 e. The van der Waals surface area contributed by atoms with Crippen LogP contribution in [0.4, 0.5) is 4.79 Å². The van der Waals surface area contributed by atoms with Crippen molar-refractivity contribution in [3.8, 4) is 0 Å². The standard InChI is InChI=1S/C15H21N3O3S/c1-14(2,3)21-13(20)18-8-5-9-10(15(18)6-7-15)16-12(22-4)17-11(9)19/h5-8H2,1-4H3,(H,16,17,19). The van der Waals surface area contributed by atoms with Crippen molar-refractivity contribution in [1.29, 1.82) is 0 Å². The maximum atomic E-state index is 12.5. The van der Waals surface area contributed by atoms with Crippen molar-refractivity contribution >= 4 is 17.9 Å². The summed E-state index contributed by atoms with van der Waals surface area (Å²) in [6.45, 7) is 6.08. The molecule has 1 amide bonds. The molecule has 1 aliphatic heterocycles. The first-order valence-corrected chi connectivity index (χ1v) is 8.67. The molecular weight excluding hydrogens is 302 g/mol. The van der Waals surface area contributed by atoms with Crippen molar-refractivity contribution < 1.29 is 9.53 Å². The first-order chi connectivity index (χ1) is 10.3. The Labute approximate surface area is 133 Å². The Hall–Kier alpha value is -1.50. The van der Waals surface area contributed by atoms with Crippen LogP contribution in [0, 0.1) is 0 Å². The summed E-state index contributed by atoms with van der Waals surface area (Å²) in [6, 6.07) is 0. The predicted octanol–water partition coefficient (Wildman–Crippen LogP) is 2.27. The molecule has 0 saturated heterocycles. The molecular formula is C15H21N3O3S. The van der Waals surface area contributed by atoms with Crippen LogP contribution in [0.5, 0.6) is 0 Å². The summed E-state index contributed by atoms with van der Waals surface area (Å²) in [6.07, 6.45) is 3.75. The second kappa shape index (κ2) is 5.01. The van der Waals surface area contributed by atoms with Gasteiger partial charge in [0, 0.05) is 12.1 Å². The summed E-state index contributed by atoms with van der Waals surface area (Å²) >= 11 is 1.40. The smallest absolute Gasteiger partial charge is 0.411 e. The molecule has 0 unspecified atom stereocenters. The van der Waals surface area contributed by atoms with E-state index in [1.54, 1.807) is 4.90 Å². The normalized spacial score (nSPS) is 19.0. The molecule has 1 spiro atoms. The average molecular weight is 323 g/mol. The molecule has 120 valence electrons. The maximum absolute atomic E-state index is 12.5. The third-order valence-corrected chi connectivity index (χ3v) is 4.65. The average Bonchev–Trinajstić information content (AvgIpc) is 3.18. The van der Waals surface area contributed by atoms with Gasteiger partial charge in [0.1, 0.15) is 5.60 Å². The number of aromatic nitrogens is 2. The lowest BCUT2D eigenvalue weighted by atomic mass is 9.97. The summed E-state index contributed by atoms with van der Waals surface area (Å²) in [5.41, 5.74) is 0.436. The number of fused-ring (bicyclic) bond motifs is 2. The van der Waals surface area contributed by atoms with Crippen LogP contribution in [0.25, 0.3) is 0 Å². The lowest BCUT2D eigenvalue weighted by molar-refractivity contribution is 0.00955. The van der Waals surface area contributed by atoms with Gasteiger partial charge in [-0.15, -0.1) is 0 Å².